The summed E-state index contributed by atoms with van der Waals surface area (Å²) < 4.78 is 15.1. The molecule has 25 heavy (non-hydrogen) atoms. The van der Waals surface area contributed by atoms with E-state index in [-0.39, 0.29) is 39.5 Å². The highest BCUT2D eigenvalue weighted by atomic mass is 19.1. The Morgan fingerprint density at radius 3 is 2.72 bits per heavy atom. The van der Waals surface area contributed by atoms with Crippen molar-refractivity contribution in [3.63, 3.8) is 0 Å². The third kappa shape index (κ3) is 2.65. The molecule has 2 heterocycles. The Hall–Kier alpha value is -3.47. The number of aromatic nitrogens is 3. The van der Waals surface area contributed by atoms with Gasteiger partial charge in [0.2, 0.25) is 5.91 Å². The highest BCUT2D eigenvalue weighted by Crippen LogP contribution is 2.27. The second-order valence-electron chi connectivity index (χ2n) is 5.88. The average molecular weight is 339 g/mol. The van der Waals surface area contributed by atoms with Gasteiger partial charge in [-0.15, -0.1) is 0 Å². The molecule has 1 amide bonds. The Bertz CT molecular complexity index is 1100. The van der Waals surface area contributed by atoms with Gasteiger partial charge in [0.25, 0.3) is 5.56 Å². The number of fused-ring (bicyclic) bond motifs is 1. The summed E-state index contributed by atoms with van der Waals surface area (Å²) in [6.45, 7) is 3.60. The first-order chi connectivity index (χ1) is 11.8. The summed E-state index contributed by atoms with van der Waals surface area (Å²) in [4.78, 5) is 28.6. The molecule has 2 aromatic heterocycles. The van der Waals surface area contributed by atoms with Gasteiger partial charge < -0.3 is 5.73 Å². The second kappa shape index (κ2) is 5.87. The molecule has 0 radical (unpaired) electrons. The van der Waals surface area contributed by atoms with Crippen LogP contribution in [0.3, 0.4) is 0 Å². The van der Waals surface area contributed by atoms with Crippen LogP contribution in [-0.2, 0) is 0 Å². The lowest BCUT2D eigenvalue weighted by molar-refractivity contribution is 0.1000. The minimum atomic E-state index is -0.788. The summed E-state index contributed by atoms with van der Waals surface area (Å²) in [6.07, 6.45) is 1.37. The van der Waals surface area contributed by atoms with Crippen molar-refractivity contribution in [3.05, 3.63) is 57.3 Å². The Balaban J connectivity index is 2.43. The molecule has 0 aliphatic heterocycles. The monoisotopic (exact) mass is 339 g/mol. The summed E-state index contributed by atoms with van der Waals surface area (Å²) in [6, 6.07) is 5.52. The van der Waals surface area contributed by atoms with E-state index in [2.05, 4.69) is 10.1 Å². The SMILES string of the molecule is CC(C)c1c(-c2cc(F)cc(C(N)=O)c2)nc2c(C#N)c[nH]n2c1=O. The zero-order chi connectivity index (χ0) is 18.3. The summed E-state index contributed by atoms with van der Waals surface area (Å²) in [7, 11) is 0. The number of carbonyl (C=O) groups is 1. The fourth-order valence-corrected chi connectivity index (χ4v) is 2.72. The predicted molar refractivity (Wildman–Crippen MR) is 88.5 cm³/mol. The molecule has 0 fully saturated rings. The number of nitrogens with two attached hydrogens (primary N) is 1. The van der Waals surface area contributed by atoms with Crippen LogP contribution in [0, 0.1) is 17.1 Å². The number of aromatic amines is 1. The van der Waals surface area contributed by atoms with E-state index in [4.69, 9.17) is 11.0 Å². The highest BCUT2D eigenvalue weighted by Gasteiger charge is 2.21. The molecule has 0 saturated carbocycles. The Morgan fingerprint density at radius 1 is 1.40 bits per heavy atom. The number of nitrogens with one attached hydrogen (secondary N) is 1. The summed E-state index contributed by atoms with van der Waals surface area (Å²) >= 11 is 0. The number of H-pyrrole nitrogens is 1. The molecule has 3 aromatic rings. The van der Waals surface area contributed by atoms with E-state index < -0.39 is 11.7 Å². The largest absolute Gasteiger partial charge is 0.366 e. The van der Waals surface area contributed by atoms with Gasteiger partial charge in [0, 0.05) is 22.9 Å². The van der Waals surface area contributed by atoms with E-state index in [0.717, 1.165) is 6.07 Å². The van der Waals surface area contributed by atoms with Crippen LogP contribution in [0.1, 0.15) is 41.3 Å². The number of nitriles is 1. The molecule has 8 heteroatoms. The van der Waals surface area contributed by atoms with Gasteiger partial charge in [-0.05, 0) is 24.1 Å². The van der Waals surface area contributed by atoms with Gasteiger partial charge in [-0.1, -0.05) is 13.8 Å². The number of halogens is 1. The molecule has 126 valence electrons. The first kappa shape index (κ1) is 16.4. The van der Waals surface area contributed by atoms with Crippen molar-refractivity contribution in [3.8, 4) is 17.3 Å². The van der Waals surface area contributed by atoms with Crippen LogP contribution in [0.25, 0.3) is 16.9 Å². The Morgan fingerprint density at radius 2 is 2.12 bits per heavy atom. The summed E-state index contributed by atoms with van der Waals surface area (Å²) in [5.41, 5.74) is 5.95. The number of rotatable bonds is 3. The molecular weight excluding hydrogens is 325 g/mol. The maximum Gasteiger partial charge on any atom is 0.276 e. The standard InChI is InChI=1S/C17H14FN5O2/c1-8(2)13-14(9-3-10(15(20)24)5-12(18)4-9)22-16-11(6-19)7-21-23(16)17(13)25/h3-5,7-8,21H,1-2H3,(H2,20,24). The molecule has 0 spiro atoms. The second-order valence-corrected chi connectivity index (χ2v) is 5.88. The van der Waals surface area contributed by atoms with Crippen LogP contribution in [0.2, 0.25) is 0 Å². The third-order valence-corrected chi connectivity index (χ3v) is 3.85. The normalized spacial score (nSPS) is 11.0. The molecule has 0 aliphatic carbocycles. The minimum absolute atomic E-state index is 0.0266. The lowest BCUT2D eigenvalue weighted by Crippen LogP contribution is -2.22. The van der Waals surface area contributed by atoms with Crippen molar-refractivity contribution in [2.24, 2.45) is 5.73 Å². The van der Waals surface area contributed by atoms with Gasteiger partial charge in [-0.3, -0.25) is 14.7 Å². The van der Waals surface area contributed by atoms with Gasteiger partial charge >= 0.3 is 0 Å². The number of hydrogen-bond acceptors (Lipinski definition) is 4. The number of benzene rings is 1. The average Bonchev–Trinajstić information content (AvgIpc) is 2.97. The van der Waals surface area contributed by atoms with Crippen LogP contribution >= 0.6 is 0 Å². The molecule has 0 unspecified atom stereocenters. The number of carbonyl (C=O) groups excluding carboxylic acids is 1. The molecule has 1 aromatic carbocycles. The van der Waals surface area contributed by atoms with E-state index in [0.29, 0.717) is 5.56 Å². The van der Waals surface area contributed by atoms with Crippen LogP contribution in [0.15, 0.2) is 29.2 Å². The quantitative estimate of drug-likeness (QED) is 0.758. The smallest absolute Gasteiger partial charge is 0.276 e. The summed E-state index contributed by atoms with van der Waals surface area (Å²) in [5, 5.41) is 11.9. The van der Waals surface area contributed by atoms with Crippen molar-refractivity contribution < 1.29 is 9.18 Å². The first-order valence-electron chi connectivity index (χ1n) is 7.48. The lowest BCUT2D eigenvalue weighted by Gasteiger charge is -2.13. The third-order valence-electron chi connectivity index (χ3n) is 3.85. The molecule has 7 nitrogen and oxygen atoms in total. The van der Waals surface area contributed by atoms with Crippen LogP contribution in [0.5, 0.6) is 0 Å². The zero-order valence-corrected chi connectivity index (χ0v) is 13.5. The maximum atomic E-state index is 13.9. The van der Waals surface area contributed by atoms with Crippen LogP contribution < -0.4 is 11.3 Å². The molecule has 0 bridgehead atoms. The number of amides is 1. The van der Waals surface area contributed by atoms with Gasteiger partial charge in [0.05, 0.1) is 5.69 Å². The van der Waals surface area contributed by atoms with Crippen molar-refractivity contribution in [2.75, 3.05) is 0 Å². The van der Waals surface area contributed by atoms with E-state index in [1.807, 2.05) is 6.07 Å². The van der Waals surface area contributed by atoms with Gasteiger partial charge in [-0.25, -0.2) is 13.9 Å². The number of hydrogen-bond donors (Lipinski definition) is 2. The summed E-state index contributed by atoms with van der Waals surface area (Å²) in [5.74, 6) is -1.68. The number of nitrogens with zero attached hydrogens (tertiary/aromatic N) is 3. The van der Waals surface area contributed by atoms with Crippen molar-refractivity contribution in [1.82, 2.24) is 14.6 Å². The fraction of sp³-hybridized carbons (Fsp3) is 0.176. The molecule has 3 N–H and O–H groups in total. The minimum Gasteiger partial charge on any atom is -0.366 e. The van der Waals surface area contributed by atoms with Crippen molar-refractivity contribution >= 4 is 11.6 Å². The maximum absolute atomic E-state index is 13.9. The Labute approximate surface area is 141 Å². The molecule has 0 saturated heterocycles. The van der Waals surface area contributed by atoms with Gasteiger partial charge in [0.1, 0.15) is 17.4 Å². The van der Waals surface area contributed by atoms with E-state index in [9.17, 15) is 14.0 Å². The lowest BCUT2D eigenvalue weighted by atomic mass is 9.97. The Kier molecular flexibility index (Phi) is 3.85. The van der Waals surface area contributed by atoms with Gasteiger partial charge in [0.15, 0.2) is 5.65 Å². The highest BCUT2D eigenvalue weighted by molar-refractivity contribution is 5.94. The molecular formula is C17H14FN5O2. The zero-order valence-electron chi connectivity index (χ0n) is 13.5. The topological polar surface area (TPSA) is 117 Å². The fourth-order valence-electron chi connectivity index (χ4n) is 2.72. The first-order valence-corrected chi connectivity index (χ1v) is 7.48. The van der Waals surface area contributed by atoms with E-state index in [1.54, 1.807) is 13.8 Å². The van der Waals surface area contributed by atoms with Crippen molar-refractivity contribution in [1.29, 1.82) is 5.26 Å². The van der Waals surface area contributed by atoms with E-state index in [1.165, 1.54) is 22.8 Å². The molecule has 0 aliphatic rings. The number of primary amides is 1. The van der Waals surface area contributed by atoms with Crippen molar-refractivity contribution in [2.45, 2.75) is 19.8 Å². The van der Waals surface area contributed by atoms with E-state index >= 15 is 0 Å². The molecule has 0 atom stereocenters. The van der Waals surface area contributed by atoms with Gasteiger partial charge in [-0.2, -0.15) is 5.26 Å². The van der Waals surface area contributed by atoms with Crippen LogP contribution in [0.4, 0.5) is 4.39 Å². The predicted octanol–water partition coefficient (Wildman–Crippen LogP) is 1.92. The molecule has 3 rings (SSSR count). The van der Waals surface area contributed by atoms with Crippen LogP contribution in [-0.4, -0.2) is 20.5 Å².